The number of nitro groups is 1. The first-order chi connectivity index (χ1) is 30.5. The maximum atomic E-state index is 13.7. The van der Waals surface area contributed by atoms with Crippen LogP contribution in [-0.4, -0.2) is 92.2 Å². The highest BCUT2D eigenvalue weighted by atomic mass is 127. The summed E-state index contributed by atoms with van der Waals surface area (Å²) in [5.41, 5.74) is 5.73. The summed E-state index contributed by atoms with van der Waals surface area (Å²) < 4.78 is 32.8. The highest BCUT2D eigenvalue weighted by Crippen LogP contribution is 2.35. The van der Waals surface area contributed by atoms with Crippen LogP contribution < -0.4 is 18.5 Å². The molecule has 0 bridgehead atoms. The molecule has 5 aromatic rings. The van der Waals surface area contributed by atoms with Crippen LogP contribution in [0.2, 0.25) is 5.02 Å². The molecule has 63 heavy (non-hydrogen) atoms. The third-order valence-corrected chi connectivity index (χ3v) is 16.0. The Morgan fingerprint density at radius 1 is 0.889 bits per heavy atom. The molecule has 1 amide bonds. The number of carbonyl (C=O) groups is 1. The first kappa shape index (κ1) is 45.3. The van der Waals surface area contributed by atoms with Gasteiger partial charge in [-0.3, -0.25) is 23.3 Å². The van der Waals surface area contributed by atoms with E-state index in [-0.39, 0.29) is 27.9 Å². The van der Waals surface area contributed by atoms with Gasteiger partial charge in [0.15, 0.2) is 0 Å². The number of piperidine rings is 1. The highest BCUT2D eigenvalue weighted by Gasteiger charge is 2.33. The number of amides is 1. The van der Waals surface area contributed by atoms with Crippen LogP contribution in [0.4, 0.5) is 17.1 Å². The van der Waals surface area contributed by atoms with Crippen molar-refractivity contribution in [2.45, 2.75) is 66.6 Å². The van der Waals surface area contributed by atoms with Gasteiger partial charge < -0.3 is 15.1 Å². The molecule has 2 saturated heterocycles. The molecule has 16 heteroatoms. The summed E-state index contributed by atoms with van der Waals surface area (Å²) in [7, 11) is -4.45. The van der Waals surface area contributed by atoms with Crippen molar-refractivity contribution in [1.29, 1.82) is 0 Å². The summed E-state index contributed by atoms with van der Waals surface area (Å²) >= 11 is 10.0. The number of halogens is 2. The van der Waals surface area contributed by atoms with E-state index >= 15 is 0 Å². The molecular weight excluding hydrogens is 969 g/mol. The second-order valence-corrected chi connectivity index (χ2v) is 20.3. The molecule has 2 atom stereocenters. The topological polar surface area (TPSA) is 140 Å². The van der Waals surface area contributed by atoms with E-state index in [0.29, 0.717) is 22.9 Å². The lowest BCUT2D eigenvalue weighted by Gasteiger charge is -2.46. The van der Waals surface area contributed by atoms with Gasteiger partial charge in [-0.15, -0.1) is 11.8 Å². The summed E-state index contributed by atoms with van der Waals surface area (Å²) in [6, 6.07) is 36.2. The average molecular weight is 1020 g/mol. The van der Waals surface area contributed by atoms with Gasteiger partial charge in [-0.2, -0.15) is 0 Å². The summed E-state index contributed by atoms with van der Waals surface area (Å²) in [5.74, 6) is -0.132. The van der Waals surface area contributed by atoms with Crippen molar-refractivity contribution in [3.05, 3.63) is 147 Å². The molecule has 0 unspecified atom stereocenters. The van der Waals surface area contributed by atoms with Gasteiger partial charge in [-0.25, -0.2) is 13.1 Å². The van der Waals surface area contributed by atoms with Gasteiger partial charge in [-0.1, -0.05) is 66.2 Å². The average Bonchev–Trinajstić information content (AvgIpc) is 3.30. The number of likely N-dealkylation sites (tertiary alicyclic amines) is 1. The normalized spacial score (nSPS) is 17.7. The lowest BCUT2D eigenvalue weighted by Crippen LogP contribution is -2.54. The number of sulfonamides is 1. The zero-order chi connectivity index (χ0) is 43.9. The van der Waals surface area contributed by atoms with Crippen molar-refractivity contribution >= 4 is 79.2 Å². The number of aryl methyl sites for hydroxylation is 1. The van der Waals surface area contributed by atoms with Crippen molar-refractivity contribution in [3.63, 3.8) is 0 Å². The predicted molar refractivity (Wildman–Crippen MR) is 262 cm³/mol. The van der Waals surface area contributed by atoms with E-state index in [2.05, 4.69) is 87.5 Å². The number of anilines is 2. The molecule has 8 rings (SSSR count). The molecule has 0 radical (unpaired) electrons. The molecule has 12 nitrogen and oxygen atoms in total. The number of piperazine rings is 1. The van der Waals surface area contributed by atoms with Crippen LogP contribution in [0.3, 0.4) is 0 Å². The molecule has 0 spiro atoms. The van der Waals surface area contributed by atoms with Crippen molar-refractivity contribution in [1.82, 2.24) is 18.1 Å². The van der Waals surface area contributed by atoms with Crippen molar-refractivity contribution < 1.29 is 18.1 Å². The van der Waals surface area contributed by atoms with Gasteiger partial charge in [-0.05, 0) is 122 Å². The minimum atomic E-state index is -4.45. The maximum absolute atomic E-state index is 13.7. The fourth-order valence-corrected chi connectivity index (χ4v) is 11.6. The van der Waals surface area contributed by atoms with Gasteiger partial charge in [0.1, 0.15) is 5.69 Å². The van der Waals surface area contributed by atoms with E-state index in [0.717, 1.165) is 106 Å². The SMILES string of the molecule is O=C(NS(=O)(=O)c1ccc(N[C@H](CCN2CCC(NI)CC2)CSc2ccccc2)c([N+](=O)[O-])c1)c1ccc2c(c1)CC[C@@H]1CN(Cc3ccccc3-c3ccc(Cl)cc3)CCN21. The van der Waals surface area contributed by atoms with E-state index in [1.807, 2.05) is 48.5 Å². The second kappa shape index (κ2) is 20.7. The summed E-state index contributed by atoms with van der Waals surface area (Å²) in [5, 5.41) is 16.5. The quantitative estimate of drug-likeness (QED) is 0.0287. The number of carbonyl (C=O) groups excluding carboxylic acids is 1. The molecule has 0 saturated carbocycles. The minimum Gasteiger partial charge on any atom is -0.376 e. The Labute approximate surface area is 392 Å². The summed E-state index contributed by atoms with van der Waals surface area (Å²) in [6.45, 7) is 6.21. The zero-order valence-electron chi connectivity index (χ0n) is 34.8. The fourth-order valence-electron chi connectivity index (χ4n) is 8.89. The Bertz CT molecular complexity index is 2510. The molecule has 330 valence electrons. The Balaban J connectivity index is 0.909. The van der Waals surface area contributed by atoms with Crippen LogP contribution in [0.1, 0.15) is 47.2 Å². The van der Waals surface area contributed by atoms with Crippen molar-refractivity contribution in [2.75, 3.05) is 55.2 Å². The number of thioether (sulfide) groups is 1. The predicted octanol–water partition coefficient (Wildman–Crippen LogP) is 9.04. The highest BCUT2D eigenvalue weighted by molar-refractivity contribution is 14.1. The van der Waals surface area contributed by atoms with Crippen LogP contribution in [0.25, 0.3) is 11.1 Å². The Kier molecular flexibility index (Phi) is 14.9. The van der Waals surface area contributed by atoms with Gasteiger partial charge in [0.05, 0.1) is 9.82 Å². The number of rotatable bonds is 16. The van der Waals surface area contributed by atoms with E-state index in [4.69, 9.17) is 11.6 Å². The standard InChI is InChI=1S/C47H51ClIN7O5S2/c48-37-14-10-33(11-15-37)43-9-5-4-6-36(43)30-54-26-27-55-40(31-54)16-12-34-28-35(13-19-45(34)55)47(57)52-63(60,61)42-17-18-44(46(29-42)56(58)59)50-39(32-62-41-7-2-1-3-8-41)22-25-53-23-20-38(51-49)21-24-53/h1-11,13-15,17-19,28-29,38-40,50-51H,12,16,20-27,30-32H2,(H,52,57)/t39-,40-/m1/s1. The molecule has 0 aromatic heterocycles. The van der Waals surface area contributed by atoms with Crippen LogP contribution >= 0.6 is 46.2 Å². The molecule has 2 fully saturated rings. The van der Waals surface area contributed by atoms with Crippen LogP contribution in [-0.2, 0) is 23.0 Å². The molecule has 5 aromatic carbocycles. The van der Waals surface area contributed by atoms with Gasteiger partial charge in [0.25, 0.3) is 21.6 Å². The Morgan fingerprint density at radius 3 is 2.41 bits per heavy atom. The lowest BCUT2D eigenvalue weighted by molar-refractivity contribution is -0.384. The molecule has 0 aliphatic carbocycles. The second-order valence-electron chi connectivity index (χ2n) is 16.5. The van der Waals surface area contributed by atoms with Gasteiger partial charge in [0.2, 0.25) is 0 Å². The van der Waals surface area contributed by atoms with Crippen LogP contribution in [0, 0.1) is 10.1 Å². The fraction of sp³-hybridized carbons (Fsp3) is 0.340. The summed E-state index contributed by atoms with van der Waals surface area (Å²) in [6.07, 6.45) is 4.52. The van der Waals surface area contributed by atoms with Crippen LogP contribution in [0.15, 0.2) is 125 Å². The molecule has 3 heterocycles. The molecular formula is C47H51ClIN7O5S2. The number of nitrogens with zero attached hydrogens (tertiary/aromatic N) is 4. The third-order valence-electron chi connectivity index (χ3n) is 12.3. The Hall–Kier alpha value is -4.23. The third kappa shape index (κ3) is 11.4. The van der Waals surface area contributed by atoms with Crippen molar-refractivity contribution in [3.8, 4) is 11.1 Å². The van der Waals surface area contributed by atoms with Crippen molar-refractivity contribution in [2.24, 2.45) is 0 Å². The van der Waals surface area contributed by atoms with Crippen LogP contribution in [0.5, 0.6) is 0 Å². The van der Waals surface area contributed by atoms with Gasteiger partial charge >= 0.3 is 0 Å². The van der Waals surface area contributed by atoms with E-state index in [1.54, 1.807) is 23.9 Å². The zero-order valence-corrected chi connectivity index (χ0v) is 39.3. The van der Waals surface area contributed by atoms with Gasteiger partial charge in [0, 0.05) is 107 Å². The van der Waals surface area contributed by atoms with E-state index in [1.165, 1.54) is 23.3 Å². The smallest absolute Gasteiger partial charge is 0.293 e. The number of nitro benzene ring substituents is 1. The number of hydrogen-bond donors (Lipinski definition) is 3. The molecule has 3 N–H and O–H groups in total. The first-order valence-corrected chi connectivity index (χ1v) is 25.3. The Morgan fingerprint density at radius 2 is 1.65 bits per heavy atom. The molecule has 3 aliphatic rings. The number of hydrogen-bond acceptors (Lipinski definition) is 11. The monoisotopic (exact) mass is 1020 g/mol. The number of fused-ring (bicyclic) bond motifs is 3. The minimum absolute atomic E-state index is 0.136. The molecule has 3 aliphatic heterocycles. The lowest BCUT2D eigenvalue weighted by atomic mass is 9.92. The number of nitrogens with one attached hydrogen (secondary N) is 3. The van der Waals surface area contributed by atoms with E-state index < -0.39 is 20.9 Å². The van der Waals surface area contributed by atoms with E-state index in [9.17, 15) is 23.3 Å². The number of benzene rings is 5. The first-order valence-electron chi connectivity index (χ1n) is 21.4. The summed E-state index contributed by atoms with van der Waals surface area (Å²) in [4.78, 5) is 33.5. The largest absolute Gasteiger partial charge is 0.376 e. The maximum Gasteiger partial charge on any atom is 0.293 e.